The van der Waals surface area contributed by atoms with Gasteiger partial charge in [-0.2, -0.15) is 8.42 Å². The molecule has 0 fully saturated rings. The molecule has 1 N–H and O–H groups in total. The molecule has 0 saturated heterocycles. The van der Waals surface area contributed by atoms with Crippen molar-refractivity contribution in [3.63, 3.8) is 0 Å². The molecule has 0 bridgehead atoms. The highest BCUT2D eigenvalue weighted by atomic mass is 32.3. The highest BCUT2D eigenvalue weighted by molar-refractivity contribution is 7.80. The summed E-state index contributed by atoms with van der Waals surface area (Å²) in [7, 11) is -4.20. The molecular formula is C14H18O4S. The zero-order valence-electron chi connectivity index (χ0n) is 10.8. The minimum absolute atomic E-state index is 0.0648. The van der Waals surface area contributed by atoms with Gasteiger partial charge in [0.2, 0.25) is 0 Å². The van der Waals surface area contributed by atoms with Crippen LogP contribution < -0.4 is 0 Å². The lowest BCUT2D eigenvalue weighted by atomic mass is 10.1. The molecule has 2 rings (SSSR count). The Labute approximate surface area is 114 Å². The first-order chi connectivity index (χ1) is 9.03. The summed E-state index contributed by atoms with van der Waals surface area (Å²) in [5.74, 6) is 0. The van der Waals surface area contributed by atoms with Crippen molar-refractivity contribution in [1.29, 1.82) is 0 Å². The Hall–Kier alpha value is -1.43. The van der Waals surface area contributed by atoms with Crippen molar-refractivity contribution in [3.05, 3.63) is 48.5 Å². The van der Waals surface area contributed by atoms with Gasteiger partial charge in [0.05, 0.1) is 6.61 Å². The third kappa shape index (κ3) is 6.91. The van der Waals surface area contributed by atoms with Crippen LogP contribution >= 0.6 is 0 Å². The van der Waals surface area contributed by atoms with E-state index in [1.807, 2.05) is 6.92 Å². The molecule has 19 heavy (non-hydrogen) atoms. The predicted molar refractivity (Wildman–Crippen MR) is 76.4 cm³/mol. The quantitative estimate of drug-likeness (QED) is 0.689. The fourth-order valence-corrected chi connectivity index (χ4v) is 1.77. The Bertz CT molecular complexity index is 528. The molecule has 0 saturated carbocycles. The lowest BCUT2D eigenvalue weighted by Crippen LogP contribution is -2.04. The summed E-state index contributed by atoms with van der Waals surface area (Å²) in [5.41, 5.74) is 0. The molecule has 0 aromatic heterocycles. The molecule has 0 radical (unpaired) electrons. The predicted octanol–water partition coefficient (Wildman–Crippen LogP) is 3.45. The van der Waals surface area contributed by atoms with E-state index in [1.54, 1.807) is 0 Å². The van der Waals surface area contributed by atoms with Crippen LogP contribution in [-0.2, 0) is 14.6 Å². The summed E-state index contributed by atoms with van der Waals surface area (Å²) in [6, 6.07) is 16.7. The van der Waals surface area contributed by atoms with Crippen LogP contribution in [0.2, 0.25) is 0 Å². The van der Waals surface area contributed by atoms with E-state index < -0.39 is 10.4 Å². The Morgan fingerprint density at radius 3 is 1.74 bits per heavy atom. The van der Waals surface area contributed by atoms with Gasteiger partial charge in [-0.15, -0.1) is 0 Å². The van der Waals surface area contributed by atoms with Crippen molar-refractivity contribution in [1.82, 2.24) is 0 Å². The first kappa shape index (κ1) is 15.6. The fraction of sp³-hybridized carbons (Fsp3) is 0.286. The zero-order valence-corrected chi connectivity index (χ0v) is 11.6. The molecule has 2 aromatic carbocycles. The molecule has 0 unspecified atom stereocenters. The molecule has 0 heterocycles. The fourth-order valence-electron chi connectivity index (χ4n) is 1.44. The van der Waals surface area contributed by atoms with Crippen LogP contribution in [0.5, 0.6) is 0 Å². The summed E-state index contributed by atoms with van der Waals surface area (Å²) in [4.78, 5) is 0. The minimum atomic E-state index is -4.20. The Morgan fingerprint density at radius 2 is 1.42 bits per heavy atom. The summed E-state index contributed by atoms with van der Waals surface area (Å²) in [5, 5.41) is 2.62. The lowest BCUT2D eigenvalue weighted by Gasteiger charge is -1.95. The van der Waals surface area contributed by atoms with Gasteiger partial charge >= 0.3 is 10.4 Å². The monoisotopic (exact) mass is 282 g/mol. The van der Waals surface area contributed by atoms with E-state index in [4.69, 9.17) is 4.55 Å². The second kappa shape index (κ2) is 7.89. The summed E-state index contributed by atoms with van der Waals surface area (Å²) in [6.45, 7) is 1.96. The Balaban J connectivity index is 0.000000192. The molecule has 104 valence electrons. The largest absolute Gasteiger partial charge is 0.397 e. The molecule has 4 nitrogen and oxygen atoms in total. The van der Waals surface area contributed by atoms with Gasteiger partial charge in [-0.05, 0) is 17.2 Å². The molecule has 0 spiro atoms. The maximum Gasteiger partial charge on any atom is 0.397 e. The third-order valence-electron chi connectivity index (χ3n) is 2.39. The van der Waals surface area contributed by atoms with Gasteiger partial charge in [0.15, 0.2) is 0 Å². The van der Waals surface area contributed by atoms with E-state index >= 15 is 0 Å². The smallest absolute Gasteiger partial charge is 0.264 e. The van der Waals surface area contributed by atoms with Gasteiger partial charge in [0, 0.05) is 0 Å². The number of hydrogen-bond donors (Lipinski definition) is 1. The highest BCUT2D eigenvalue weighted by Gasteiger charge is 2.01. The summed E-state index contributed by atoms with van der Waals surface area (Å²) in [6.07, 6.45) is 1.48. The summed E-state index contributed by atoms with van der Waals surface area (Å²) >= 11 is 0. The topological polar surface area (TPSA) is 63.6 Å². The van der Waals surface area contributed by atoms with Gasteiger partial charge in [-0.25, -0.2) is 4.18 Å². The second-order valence-corrected chi connectivity index (χ2v) is 5.04. The highest BCUT2D eigenvalue weighted by Crippen LogP contribution is 2.11. The second-order valence-electron chi connectivity index (χ2n) is 3.95. The number of hydrogen-bond acceptors (Lipinski definition) is 3. The van der Waals surface area contributed by atoms with Crippen molar-refractivity contribution in [2.24, 2.45) is 0 Å². The van der Waals surface area contributed by atoms with E-state index in [1.165, 1.54) is 10.8 Å². The molecule has 5 heteroatoms. The van der Waals surface area contributed by atoms with Gasteiger partial charge < -0.3 is 0 Å². The van der Waals surface area contributed by atoms with Crippen LogP contribution in [0.25, 0.3) is 10.8 Å². The van der Waals surface area contributed by atoms with Crippen LogP contribution in [0.15, 0.2) is 48.5 Å². The first-order valence-corrected chi connectivity index (χ1v) is 7.45. The third-order valence-corrected chi connectivity index (χ3v) is 2.85. The zero-order chi connectivity index (χ0) is 14.1. The standard InChI is InChI=1S/C10H8.C4H10O4S/c1-2-6-10-8-4-3-7-9(10)5-1;1-2-3-4-8-9(5,6)7/h1-8H;2-4H2,1H3,(H,5,6,7). The van der Waals surface area contributed by atoms with Crippen molar-refractivity contribution < 1.29 is 17.2 Å². The average molecular weight is 282 g/mol. The maximum absolute atomic E-state index is 9.84. The van der Waals surface area contributed by atoms with Crippen LogP contribution in [0.3, 0.4) is 0 Å². The first-order valence-electron chi connectivity index (χ1n) is 6.08. The SMILES string of the molecule is CCCCOS(=O)(=O)O.c1ccc2ccccc2c1. The van der Waals surface area contributed by atoms with Crippen molar-refractivity contribution in [2.75, 3.05) is 6.61 Å². The van der Waals surface area contributed by atoms with Gasteiger partial charge in [-0.1, -0.05) is 61.9 Å². The molecule has 0 aliphatic carbocycles. The lowest BCUT2D eigenvalue weighted by molar-refractivity contribution is 0.264. The molecule has 0 atom stereocenters. The van der Waals surface area contributed by atoms with Crippen LogP contribution in [0, 0.1) is 0 Å². The normalized spacial score (nSPS) is 10.8. The van der Waals surface area contributed by atoms with E-state index in [0.717, 1.165) is 6.42 Å². The van der Waals surface area contributed by atoms with Crippen LogP contribution in [0.1, 0.15) is 19.8 Å². The molecule has 2 aromatic rings. The molecule has 0 amide bonds. The average Bonchev–Trinajstić information content (AvgIpc) is 2.39. The summed E-state index contributed by atoms with van der Waals surface area (Å²) < 4.78 is 31.7. The van der Waals surface area contributed by atoms with E-state index in [2.05, 4.69) is 52.7 Å². The van der Waals surface area contributed by atoms with Crippen molar-refractivity contribution in [3.8, 4) is 0 Å². The van der Waals surface area contributed by atoms with Gasteiger partial charge in [0.1, 0.15) is 0 Å². The molecule has 0 aliphatic heterocycles. The van der Waals surface area contributed by atoms with Crippen LogP contribution in [-0.4, -0.2) is 19.6 Å². The molecule has 0 aliphatic rings. The Morgan fingerprint density at radius 1 is 1.00 bits per heavy atom. The molecular weight excluding hydrogens is 264 g/mol. The van der Waals surface area contributed by atoms with Gasteiger partial charge in [0.25, 0.3) is 0 Å². The number of benzene rings is 2. The van der Waals surface area contributed by atoms with E-state index in [-0.39, 0.29) is 6.61 Å². The van der Waals surface area contributed by atoms with Crippen molar-refractivity contribution in [2.45, 2.75) is 19.8 Å². The maximum atomic E-state index is 9.84. The van der Waals surface area contributed by atoms with Crippen LogP contribution in [0.4, 0.5) is 0 Å². The van der Waals surface area contributed by atoms with E-state index in [0.29, 0.717) is 6.42 Å². The number of unbranched alkanes of at least 4 members (excludes halogenated alkanes) is 1. The minimum Gasteiger partial charge on any atom is -0.264 e. The van der Waals surface area contributed by atoms with E-state index in [9.17, 15) is 8.42 Å². The number of rotatable bonds is 4. The van der Waals surface area contributed by atoms with Gasteiger partial charge in [-0.3, -0.25) is 4.55 Å². The van der Waals surface area contributed by atoms with Crippen molar-refractivity contribution >= 4 is 21.2 Å². The number of fused-ring (bicyclic) bond motifs is 1. The Kier molecular flexibility index (Phi) is 6.49.